The lowest BCUT2D eigenvalue weighted by Crippen LogP contribution is -2.45. The zero-order valence-corrected chi connectivity index (χ0v) is 55.1. The van der Waals surface area contributed by atoms with E-state index in [-0.39, 0.29) is 78.4 Å². The molecule has 90 heavy (non-hydrogen) atoms. The van der Waals surface area contributed by atoms with Crippen LogP contribution in [0.2, 0.25) is 0 Å². The van der Waals surface area contributed by atoms with Gasteiger partial charge in [-0.3, -0.25) is 0 Å². The standard InChI is InChI=1S/C32H47N5O6S.C27H43N3O4.C5H5FN2O2S.CH4/c1-31(2,3)43-30(39)37-21-24(20-32(37,4)5)14-15-26(34-27-12-9-13-28(35-27)44(33,40)41)25-16-18-36(19-17-25)29(38)42-22-23-10-7-6-8-11-23;1-26(2,3)34-25(32)30-18-21(17-27(30,4)5)11-12-23(28)22-13-15-29(16-14-22)24(31)33-19-20-9-7-6-8-10-20;6-4-2-1-3-5(8-4)11(7,9)10;/h6-13,24-26H,14-22H2,1-5H3,(H,34,35)(H2,33,40,41);6-10,21-23H,11-19,28H2,1-5H3;1-3H,(H2,7,9,10);1H4/t24-,26?;21-,23?;;/m00../s1. The molecule has 0 spiro atoms. The van der Waals surface area contributed by atoms with Crippen LogP contribution >= 0.6 is 0 Å². The third-order valence-corrected chi connectivity index (χ3v) is 18.1. The van der Waals surface area contributed by atoms with Crippen LogP contribution in [0.25, 0.3) is 0 Å². The fourth-order valence-corrected chi connectivity index (χ4v) is 12.9. The Morgan fingerprint density at radius 2 is 0.989 bits per heavy atom. The zero-order valence-electron chi connectivity index (χ0n) is 53.4. The number of primary sulfonamides is 2. The second kappa shape index (κ2) is 32.1. The van der Waals surface area contributed by atoms with Gasteiger partial charge in [0.05, 0.1) is 0 Å². The number of rotatable bonds is 16. The molecule has 4 aromatic rings. The molecule has 2 unspecified atom stereocenters. The van der Waals surface area contributed by atoms with E-state index in [1.54, 1.807) is 21.9 Å². The van der Waals surface area contributed by atoms with Gasteiger partial charge in [0.1, 0.15) is 30.2 Å². The molecule has 6 heterocycles. The van der Waals surface area contributed by atoms with Crippen LogP contribution in [0.4, 0.5) is 29.4 Å². The highest BCUT2D eigenvalue weighted by Crippen LogP contribution is 2.39. The van der Waals surface area contributed by atoms with Crippen molar-refractivity contribution >= 4 is 50.2 Å². The van der Waals surface area contributed by atoms with E-state index in [2.05, 4.69) is 48.1 Å². The van der Waals surface area contributed by atoms with E-state index in [4.69, 9.17) is 29.8 Å². The third kappa shape index (κ3) is 23.5. The first kappa shape index (κ1) is 74.1. The third-order valence-electron chi connectivity index (χ3n) is 16.5. The van der Waals surface area contributed by atoms with Crippen LogP contribution in [0.1, 0.15) is 152 Å². The summed E-state index contributed by atoms with van der Waals surface area (Å²) in [6, 6.07) is 27.5. The molecule has 0 saturated carbocycles. The topological polar surface area (TPSA) is 302 Å². The molecule has 7 N–H and O–H groups in total. The molecule has 8 rings (SSSR count). The van der Waals surface area contributed by atoms with Crippen LogP contribution in [0.3, 0.4) is 0 Å². The largest absolute Gasteiger partial charge is 0.445 e. The van der Waals surface area contributed by atoms with Crippen molar-refractivity contribution in [3.8, 4) is 0 Å². The number of amides is 4. The number of nitrogens with zero attached hydrogens (tertiary/aromatic N) is 6. The van der Waals surface area contributed by atoms with Crippen molar-refractivity contribution in [1.29, 1.82) is 0 Å². The minimum atomic E-state index is -3.95. The van der Waals surface area contributed by atoms with Crippen LogP contribution in [0.15, 0.2) is 107 Å². The number of sulfonamides is 2. The van der Waals surface area contributed by atoms with Gasteiger partial charge in [0, 0.05) is 62.4 Å². The number of ether oxygens (including phenoxy) is 4. The van der Waals surface area contributed by atoms with E-state index < -0.39 is 42.2 Å². The molecule has 4 amide bonds. The average molecular weight is 1300 g/mol. The van der Waals surface area contributed by atoms with Crippen LogP contribution in [0, 0.1) is 29.6 Å². The predicted molar refractivity (Wildman–Crippen MR) is 344 cm³/mol. The first-order chi connectivity index (χ1) is 41.5. The van der Waals surface area contributed by atoms with Crippen molar-refractivity contribution < 1.29 is 59.4 Å². The number of piperidine rings is 2. The number of carbonyl (C=O) groups excluding carboxylic acids is 4. The molecular formula is C65H99FN10O12S2. The number of halogens is 1. The Balaban J connectivity index is 0.000000283. The second-order valence-corrected chi connectivity index (χ2v) is 30.0. The van der Waals surface area contributed by atoms with Gasteiger partial charge in [0.2, 0.25) is 5.95 Å². The average Bonchev–Trinajstić information content (AvgIpc) is 1.79. The molecule has 4 aliphatic heterocycles. The molecule has 4 saturated heterocycles. The van der Waals surface area contributed by atoms with E-state index in [1.165, 1.54) is 12.1 Å². The molecule has 2 aromatic carbocycles. The summed E-state index contributed by atoms with van der Waals surface area (Å²) in [5, 5.41) is 12.8. The number of nitrogens with two attached hydrogens (primary N) is 3. The maximum absolute atomic E-state index is 13.0. The molecular weight excluding hydrogens is 1200 g/mol. The van der Waals surface area contributed by atoms with Gasteiger partial charge in [-0.15, -0.1) is 0 Å². The summed E-state index contributed by atoms with van der Waals surface area (Å²) < 4.78 is 79.5. The lowest BCUT2D eigenvalue weighted by atomic mass is 9.84. The normalized spacial score (nSPS) is 19.4. The molecule has 0 radical (unpaired) electrons. The first-order valence-corrected chi connectivity index (χ1v) is 33.7. The smallest absolute Gasteiger partial charge is 0.410 e. The quantitative estimate of drug-likeness (QED) is 0.0598. The van der Waals surface area contributed by atoms with Crippen LogP contribution in [-0.4, -0.2) is 144 Å². The van der Waals surface area contributed by atoms with Gasteiger partial charge < -0.3 is 49.6 Å². The lowest BCUT2D eigenvalue weighted by Gasteiger charge is -2.36. The zero-order chi connectivity index (χ0) is 65.5. The van der Waals surface area contributed by atoms with Gasteiger partial charge in [0.25, 0.3) is 20.0 Å². The maximum Gasteiger partial charge on any atom is 0.410 e. The Hall–Kier alpha value is -6.67. The molecule has 4 fully saturated rings. The molecule has 25 heteroatoms. The van der Waals surface area contributed by atoms with Crippen LogP contribution < -0.4 is 21.3 Å². The van der Waals surface area contributed by atoms with E-state index in [0.717, 1.165) is 94.0 Å². The van der Waals surface area contributed by atoms with E-state index >= 15 is 0 Å². The Morgan fingerprint density at radius 1 is 0.589 bits per heavy atom. The number of likely N-dealkylation sites (tertiary alicyclic amines) is 4. The number of aromatic nitrogens is 2. The van der Waals surface area contributed by atoms with Crippen LogP contribution in [-0.2, 0) is 52.2 Å². The Kier molecular flexibility index (Phi) is 26.4. The number of nitrogens with one attached hydrogen (secondary N) is 1. The molecule has 0 bridgehead atoms. The number of anilines is 1. The highest BCUT2D eigenvalue weighted by Gasteiger charge is 2.45. The van der Waals surface area contributed by atoms with E-state index in [9.17, 15) is 40.4 Å². The predicted octanol–water partition coefficient (Wildman–Crippen LogP) is 11.1. The highest BCUT2D eigenvalue weighted by atomic mass is 32.2. The van der Waals surface area contributed by atoms with Gasteiger partial charge in [-0.2, -0.15) is 4.39 Å². The molecule has 2 aromatic heterocycles. The van der Waals surface area contributed by atoms with Crippen molar-refractivity contribution in [3.05, 3.63) is 114 Å². The molecule has 4 aliphatic rings. The number of pyridine rings is 2. The fraction of sp³-hybridized carbons (Fsp3) is 0.600. The van der Waals surface area contributed by atoms with Gasteiger partial charge in [0.15, 0.2) is 10.1 Å². The highest BCUT2D eigenvalue weighted by molar-refractivity contribution is 7.89. The van der Waals surface area contributed by atoms with E-state index in [0.29, 0.717) is 57.0 Å². The Labute approximate surface area is 533 Å². The second-order valence-electron chi connectivity index (χ2n) is 27.0. The molecule has 22 nitrogen and oxygen atoms in total. The van der Waals surface area contributed by atoms with Crippen LogP contribution in [0.5, 0.6) is 0 Å². The fourth-order valence-electron chi connectivity index (χ4n) is 11.9. The summed E-state index contributed by atoms with van der Waals surface area (Å²) in [6.45, 7) is 24.1. The Bertz CT molecular complexity index is 3190. The maximum atomic E-state index is 13.0. The minimum absolute atomic E-state index is 0. The summed E-state index contributed by atoms with van der Waals surface area (Å²) >= 11 is 0. The van der Waals surface area contributed by atoms with Gasteiger partial charge in [-0.25, -0.2) is 56.3 Å². The van der Waals surface area contributed by atoms with Gasteiger partial charge in [-0.1, -0.05) is 80.2 Å². The number of carbonyl (C=O) groups is 4. The minimum Gasteiger partial charge on any atom is -0.445 e. The van der Waals surface area contributed by atoms with Crippen molar-refractivity contribution in [2.45, 2.75) is 199 Å². The van der Waals surface area contributed by atoms with Gasteiger partial charge >= 0.3 is 24.4 Å². The lowest BCUT2D eigenvalue weighted by molar-refractivity contribution is 0.0118. The summed E-state index contributed by atoms with van der Waals surface area (Å²) in [4.78, 5) is 65.4. The molecule has 0 aliphatic carbocycles. The number of hydrogen-bond donors (Lipinski definition) is 4. The SMILES string of the molecule is C.CC(C)(C)OC(=O)N1C[C@@H](CCC(N)C2CCN(C(=O)OCc3ccccc3)CC2)CC1(C)C.CC(C)(C)OC(=O)N1C[C@@H](CCC(Nc2cccc(S(N)(=O)=O)n2)C2CCN(C(=O)OCc3ccccc3)CC2)CC1(C)C.NS(=O)(=O)c1cccc(F)n1. The first-order valence-electron chi connectivity index (χ1n) is 30.6. The number of benzene rings is 2. The summed E-state index contributed by atoms with van der Waals surface area (Å²) in [5.74, 6) is 0.907. The molecule has 4 atom stereocenters. The Morgan fingerprint density at radius 3 is 1.39 bits per heavy atom. The van der Waals surface area contributed by atoms with E-state index in [1.807, 2.05) is 112 Å². The van der Waals surface area contributed by atoms with Crippen molar-refractivity contribution in [2.75, 3.05) is 44.6 Å². The summed E-state index contributed by atoms with van der Waals surface area (Å²) in [6.07, 6.45) is 7.63. The van der Waals surface area contributed by atoms with Gasteiger partial charge in [-0.05, 0) is 193 Å². The van der Waals surface area contributed by atoms with Crippen molar-refractivity contribution in [2.24, 2.45) is 39.7 Å². The monoisotopic (exact) mass is 1290 g/mol. The number of hydrogen-bond acceptors (Lipinski definition) is 16. The summed E-state index contributed by atoms with van der Waals surface area (Å²) in [7, 11) is -7.83. The van der Waals surface area contributed by atoms with Crippen molar-refractivity contribution in [1.82, 2.24) is 29.6 Å². The van der Waals surface area contributed by atoms with Crippen molar-refractivity contribution in [3.63, 3.8) is 0 Å². The molecule has 500 valence electrons. The summed E-state index contributed by atoms with van der Waals surface area (Å²) in [5.41, 5.74) is 6.93.